The molecule has 0 radical (unpaired) electrons. The van der Waals surface area contributed by atoms with Gasteiger partial charge in [-0.15, -0.1) is 0 Å². The normalized spacial score (nSPS) is 13.8. The minimum Gasteiger partial charge on any atom is -0.387 e. The Balaban J connectivity index is 2.79. The molecule has 0 saturated carbocycles. The van der Waals surface area contributed by atoms with E-state index < -0.39 is 16.3 Å². The van der Waals surface area contributed by atoms with Crippen molar-refractivity contribution in [3.8, 4) is 0 Å². The number of halogens is 2. The Hall–Kier alpha value is -0.370. The first-order valence-electron chi connectivity index (χ1n) is 5.62. The summed E-state index contributed by atoms with van der Waals surface area (Å²) in [5.74, 6) is 0. The third kappa shape index (κ3) is 4.30. The van der Waals surface area contributed by atoms with Crippen LogP contribution in [0.2, 0.25) is 10.0 Å². The van der Waals surface area contributed by atoms with Gasteiger partial charge in [-0.05, 0) is 12.1 Å². The fourth-order valence-corrected chi connectivity index (χ4v) is 2.97. The minimum absolute atomic E-state index is 0.198. The number of benzene rings is 1. The first-order valence-corrected chi connectivity index (χ1v) is 7.82. The zero-order valence-corrected chi connectivity index (χ0v) is 12.9. The topological polar surface area (TPSA) is 69.6 Å². The third-order valence-corrected chi connectivity index (χ3v) is 4.92. The van der Waals surface area contributed by atoms with E-state index in [2.05, 4.69) is 4.72 Å². The van der Waals surface area contributed by atoms with Crippen molar-refractivity contribution >= 4 is 33.4 Å². The van der Waals surface area contributed by atoms with E-state index in [1.807, 2.05) is 0 Å². The average Bonchev–Trinajstić information content (AvgIpc) is 2.35. The molecular formula is C11H16Cl2N2O3S. The van der Waals surface area contributed by atoms with Crippen molar-refractivity contribution in [2.24, 2.45) is 0 Å². The van der Waals surface area contributed by atoms with Crippen LogP contribution in [0.25, 0.3) is 0 Å². The summed E-state index contributed by atoms with van der Waals surface area (Å²) in [6.45, 7) is 1.84. The van der Waals surface area contributed by atoms with E-state index in [4.69, 9.17) is 23.2 Å². The number of nitrogens with one attached hydrogen (secondary N) is 1. The summed E-state index contributed by atoms with van der Waals surface area (Å²) in [5.41, 5.74) is 0.313. The van der Waals surface area contributed by atoms with E-state index in [0.29, 0.717) is 22.2 Å². The molecule has 0 aliphatic carbocycles. The average molecular weight is 327 g/mol. The molecule has 0 saturated heterocycles. The zero-order chi connectivity index (χ0) is 14.6. The number of hydrogen-bond acceptors (Lipinski definition) is 3. The second kappa shape index (κ2) is 6.88. The van der Waals surface area contributed by atoms with E-state index in [9.17, 15) is 13.5 Å². The maximum Gasteiger partial charge on any atom is 0.279 e. The van der Waals surface area contributed by atoms with Crippen molar-refractivity contribution in [2.75, 3.05) is 20.1 Å². The molecular weight excluding hydrogens is 311 g/mol. The summed E-state index contributed by atoms with van der Waals surface area (Å²) >= 11 is 11.9. The molecule has 108 valence electrons. The lowest BCUT2D eigenvalue weighted by atomic mass is 10.1. The first-order chi connectivity index (χ1) is 8.79. The minimum atomic E-state index is -3.60. The number of hydrogen-bond donors (Lipinski definition) is 2. The predicted molar refractivity (Wildman–Crippen MR) is 76.6 cm³/mol. The van der Waals surface area contributed by atoms with Crippen LogP contribution in [-0.4, -0.2) is 38.0 Å². The Bertz CT molecular complexity index is 516. The Kier molecular flexibility index (Phi) is 6.04. The third-order valence-electron chi connectivity index (χ3n) is 2.65. The fraction of sp³-hybridized carbons (Fsp3) is 0.455. The van der Waals surface area contributed by atoms with Crippen molar-refractivity contribution in [2.45, 2.75) is 13.0 Å². The molecule has 0 unspecified atom stereocenters. The molecule has 1 atom stereocenters. The van der Waals surface area contributed by atoms with E-state index in [1.54, 1.807) is 25.1 Å². The second-order valence-corrected chi connectivity index (χ2v) is 6.60. The van der Waals surface area contributed by atoms with Crippen LogP contribution in [0.5, 0.6) is 0 Å². The SMILES string of the molecule is CCN(C)S(=O)(=O)NC[C@H](O)c1c(Cl)cccc1Cl. The Morgan fingerprint density at radius 1 is 1.37 bits per heavy atom. The molecule has 0 fully saturated rings. The van der Waals surface area contributed by atoms with Crippen molar-refractivity contribution in [3.05, 3.63) is 33.8 Å². The molecule has 1 rings (SSSR count). The van der Waals surface area contributed by atoms with Crippen molar-refractivity contribution in [1.82, 2.24) is 9.03 Å². The van der Waals surface area contributed by atoms with Gasteiger partial charge in [-0.2, -0.15) is 17.4 Å². The van der Waals surface area contributed by atoms with Crippen LogP contribution in [0.3, 0.4) is 0 Å². The molecule has 8 heteroatoms. The molecule has 0 heterocycles. The standard InChI is InChI=1S/C11H16Cl2N2O3S/c1-3-15(2)19(17,18)14-7-10(16)11-8(12)5-4-6-9(11)13/h4-6,10,14,16H,3,7H2,1-2H3/t10-/m0/s1. The quantitative estimate of drug-likeness (QED) is 0.837. The van der Waals surface area contributed by atoms with Crippen LogP contribution in [0.1, 0.15) is 18.6 Å². The number of nitrogens with zero attached hydrogens (tertiary/aromatic N) is 1. The Morgan fingerprint density at radius 3 is 2.37 bits per heavy atom. The van der Waals surface area contributed by atoms with Gasteiger partial charge in [0.1, 0.15) is 0 Å². The maximum absolute atomic E-state index is 11.7. The van der Waals surface area contributed by atoms with Crippen LogP contribution >= 0.6 is 23.2 Å². The molecule has 0 bridgehead atoms. The summed E-state index contributed by atoms with van der Waals surface area (Å²) < 4.78 is 26.8. The lowest BCUT2D eigenvalue weighted by Crippen LogP contribution is -2.39. The smallest absolute Gasteiger partial charge is 0.279 e. The molecule has 19 heavy (non-hydrogen) atoms. The highest BCUT2D eigenvalue weighted by Crippen LogP contribution is 2.29. The highest BCUT2D eigenvalue weighted by Gasteiger charge is 2.20. The highest BCUT2D eigenvalue weighted by atomic mass is 35.5. The van der Waals surface area contributed by atoms with Gasteiger partial charge in [-0.25, -0.2) is 0 Å². The Morgan fingerprint density at radius 2 is 1.89 bits per heavy atom. The van der Waals surface area contributed by atoms with Gasteiger partial charge < -0.3 is 5.11 Å². The van der Waals surface area contributed by atoms with Crippen molar-refractivity contribution in [3.63, 3.8) is 0 Å². The van der Waals surface area contributed by atoms with Gasteiger partial charge in [0.05, 0.1) is 6.10 Å². The van der Waals surface area contributed by atoms with Gasteiger partial charge in [0, 0.05) is 35.7 Å². The molecule has 0 aliphatic heterocycles. The molecule has 5 nitrogen and oxygen atoms in total. The summed E-state index contributed by atoms with van der Waals surface area (Å²) in [6.07, 6.45) is -1.11. The lowest BCUT2D eigenvalue weighted by molar-refractivity contribution is 0.181. The molecule has 1 aromatic rings. The van der Waals surface area contributed by atoms with Gasteiger partial charge in [-0.1, -0.05) is 36.2 Å². The predicted octanol–water partition coefficient (Wildman–Crippen LogP) is 1.81. The monoisotopic (exact) mass is 326 g/mol. The van der Waals surface area contributed by atoms with E-state index >= 15 is 0 Å². The van der Waals surface area contributed by atoms with Crippen LogP contribution in [0, 0.1) is 0 Å². The molecule has 0 spiro atoms. The molecule has 0 amide bonds. The van der Waals surface area contributed by atoms with Crippen molar-refractivity contribution in [1.29, 1.82) is 0 Å². The van der Waals surface area contributed by atoms with Gasteiger partial charge in [0.15, 0.2) is 0 Å². The summed E-state index contributed by atoms with van der Waals surface area (Å²) in [5, 5.41) is 10.6. The fourth-order valence-electron chi connectivity index (χ4n) is 1.40. The second-order valence-electron chi connectivity index (χ2n) is 3.92. The highest BCUT2D eigenvalue weighted by molar-refractivity contribution is 7.87. The summed E-state index contributed by atoms with van der Waals surface area (Å²) in [4.78, 5) is 0. The van der Waals surface area contributed by atoms with E-state index in [-0.39, 0.29) is 6.54 Å². The van der Waals surface area contributed by atoms with Crippen LogP contribution in [-0.2, 0) is 10.2 Å². The zero-order valence-electron chi connectivity index (χ0n) is 10.6. The first kappa shape index (κ1) is 16.7. The van der Waals surface area contributed by atoms with Crippen LogP contribution in [0.4, 0.5) is 0 Å². The molecule has 2 N–H and O–H groups in total. The van der Waals surface area contributed by atoms with Gasteiger partial charge >= 0.3 is 0 Å². The van der Waals surface area contributed by atoms with Crippen LogP contribution < -0.4 is 4.72 Å². The molecule has 0 aliphatic rings. The van der Waals surface area contributed by atoms with Crippen LogP contribution in [0.15, 0.2) is 18.2 Å². The number of aliphatic hydroxyl groups is 1. The molecule has 1 aromatic carbocycles. The van der Waals surface area contributed by atoms with Gasteiger partial charge in [-0.3, -0.25) is 0 Å². The number of aliphatic hydroxyl groups excluding tert-OH is 1. The maximum atomic E-state index is 11.7. The molecule has 0 aromatic heterocycles. The van der Waals surface area contributed by atoms with E-state index in [1.165, 1.54) is 7.05 Å². The number of rotatable bonds is 6. The van der Waals surface area contributed by atoms with E-state index in [0.717, 1.165) is 4.31 Å². The summed E-state index contributed by atoms with van der Waals surface area (Å²) in [6, 6.07) is 4.81. The van der Waals surface area contributed by atoms with Gasteiger partial charge in [0.2, 0.25) is 0 Å². The largest absolute Gasteiger partial charge is 0.387 e. The summed E-state index contributed by atoms with van der Waals surface area (Å²) in [7, 11) is -2.16. The Labute approximate surface area is 123 Å². The van der Waals surface area contributed by atoms with Gasteiger partial charge in [0.25, 0.3) is 10.2 Å². The lowest BCUT2D eigenvalue weighted by Gasteiger charge is -2.19. The van der Waals surface area contributed by atoms with Crippen molar-refractivity contribution < 1.29 is 13.5 Å².